The van der Waals surface area contributed by atoms with E-state index >= 15 is 0 Å². The summed E-state index contributed by atoms with van der Waals surface area (Å²) in [4.78, 5) is 46.9. The fourth-order valence-corrected chi connectivity index (χ4v) is 7.81. The molecule has 0 aromatic heterocycles. The molecular formula is C26H34N2O6Si. The number of hydrogen-bond donors (Lipinski definition) is 6. The molecule has 35 heavy (non-hydrogen) atoms. The Bertz CT molecular complexity index is 1010. The Morgan fingerprint density at radius 3 is 1.54 bits per heavy atom. The first kappa shape index (κ1) is 25.5. The highest BCUT2D eigenvalue weighted by Gasteiger charge is 2.40. The summed E-state index contributed by atoms with van der Waals surface area (Å²) in [7, 11) is -3.87. The molecule has 0 unspecified atom stereocenters. The Balaban J connectivity index is 1.27. The van der Waals surface area contributed by atoms with Gasteiger partial charge in [0, 0.05) is 23.9 Å². The van der Waals surface area contributed by atoms with E-state index in [0.29, 0.717) is 12.8 Å². The number of carbonyl (C=O) groups is 2. The van der Waals surface area contributed by atoms with Crippen molar-refractivity contribution in [1.29, 1.82) is 0 Å². The Hall–Kier alpha value is -2.56. The van der Waals surface area contributed by atoms with Gasteiger partial charge < -0.3 is 30.4 Å². The first-order valence-corrected chi connectivity index (χ1v) is 14.4. The van der Waals surface area contributed by atoms with Crippen LogP contribution in [0.5, 0.6) is 0 Å². The van der Waals surface area contributed by atoms with Gasteiger partial charge in [-0.1, -0.05) is 62.4 Å². The predicted molar refractivity (Wildman–Crippen MR) is 132 cm³/mol. The van der Waals surface area contributed by atoms with Crippen LogP contribution in [0, 0.1) is 11.8 Å². The fourth-order valence-electron chi connectivity index (χ4n) is 5.31. The van der Waals surface area contributed by atoms with E-state index in [-0.39, 0.29) is 23.9 Å². The molecule has 2 aromatic carbocycles. The number of aliphatic hydroxyl groups excluding tert-OH is 2. The molecule has 0 aliphatic heterocycles. The molecule has 0 fully saturated rings. The molecule has 2 amide bonds. The molecule has 2 aliphatic rings. The maximum atomic E-state index is 12.7. The molecule has 0 heterocycles. The van der Waals surface area contributed by atoms with Crippen LogP contribution in [0.15, 0.2) is 48.5 Å². The van der Waals surface area contributed by atoms with Gasteiger partial charge in [-0.2, -0.15) is 0 Å². The highest BCUT2D eigenvalue weighted by Crippen LogP contribution is 2.33. The van der Waals surface area contributed by atoms with E-state index in [2.05, 4.69) is 10.6 Å². The minimum absolute atomic E-state index is 0.121. The van der Waals surface area contributed by atoms with Crippen molar-refractivity contribution in [3.63, 3.8) is 0 Å². The average molecular weight is 499 g/mol. The van der Waals surface area contributed by atoms with Gasteiger partial charge in [-0.3, -0.25) is 9.59 Å². The predicted octanol–water partition coefficient (Wildman–Crippen LogP) is 1.23. The molecule has 0 radical (unpaired) electrons. The summed E-state index contributed by atoms with van der Waals surface area (Å²) in [6.07, 6.45) is -0.558. The van der Waals surface area contributed by atoms with E-state index in [0.717, 1.165) is 22.3 Å². The number of nitrogens with one attached hydrogen (secondary N) is 2. The monoisotopic (exact) mass is 498 g/mol. The van der Waals surface area contributed by atoms with Crippen molar-refractivity contribution >= 4 is 20.4 Å². The lowest BCUT2D eigenvalue weighted by Crippen LogP contribution is -2.47. The number of aliphatic hydroxyl groups is 2. The van der Waals surface area contributed by atoms with Gasteiger partial charge in [0.15, 0.2) is 0 Å². The van der Waals surface area contributed by atoms with Crippen molar-refractivity contribution in [2.24, 2.45) is 11.8 Å². The van der Waals surface area contributed by atoms with Gasteiger partial charge in [-0.05, 0) is 35.1 Å². The number of benzene rings is 2. The van der Waals surface area contributed by atoms with Crippen molar-refractivity contribution in [3.05, 3.63) is 70.8 Å². The van der Waals surface area contributed by atoms with E-state index in [1.807, 2.05) is 48.5 Å². The number of hydrogen-bond acceptors (Lipinski definition) is 6. The third-order valence-electron chi connectivity index (χ3n) is 7.21. The van der Waals surface area contributed by atoms with Crippen molar-refractivity contribution in [2.45, 2.75) is 63.1 Å². The second-order valence-electron chi connectivity index (χ2n) is 10.1. The van der Waals surface area contributed by atoms with Crippen LogP contribution in [0.1, 0.15) is 48.3 Å². The van der Waals surface area contributed by atoms with Crippen molar-refractivity contribution in [3.8, 4) is 0 Å². The molecule has 0 bridgehead atoms. The normalized spacial score (nSPS) is 24.9. The Kier molecular flexibility index (Phi) is 7.44. The van der Waals surface area contributed by atoms with E-state index < -0.39 is 44.7 Å². The molecule has 2 aliphatic carbocycles. The zero-order chi connectivity index (χ0) is 25.3. The highest BCUT2D eigenvalue weighted by atomic mass is 28.4. The second-order valence-corrected chi connectivity index (χ2v) is 12.9. The Morgan fingerprint density at radius 2 is 1.17 bits per heavy atom. The average Bonchev–Trinajstić information content (AvgIpc) is 3.29. The highest BCUT2D eigenvalue weighted by molar-refractivity contribution is 6.65. The van der Waals surface area contributed by atoms with Crippen LogP contribution in [-0.2, 0) is 22.4 Å². The van der Waals surface area contributed by atoms with E-state index in [4.69, 9.17) is 0 Å². The molecule has 6 atom stereocenters. The van der Waals surface area contributed by atoms with Gasteiger partial charge in [-0.25, -0.2) is 0 Å². The first-order valence-electron chi connectivity index (χ1n) is 12.1. The van der Waals surface area contributed by atoms with Crippen LogP contribution < -0.4 is 10.6 Å². The summed E-state index contributed by atoms with van der Waals surface area (Å²) in [5.41, 5.74) is 3.57. The minimum Gasteiger partial charge on any atom is -0.411 e. The molecule has 0 saturated heterocycles. The maximum Gasteiger partial charge on any atom is 0.334 e. The van der Waals surface area contributed by atoms with Crippen LogP contribution in [0.25, 0.3) is 0 Å². The van der Waals surface area contributed by atoms with Crippen LogP contribution in [0.2, 0.25) is 12.1 Å². The molecule has 2 aromatic rings. The summed E-state index contributed by atoms with van der Waals surface area (Å²) in [6.45, 7) is 3.24. The van der Waals surface area contributed by atoms with Gasteiger partial charge in [0.2, 0.25) is 11.8 Å². The van der Waals surface area contributed by atoms with Crippen molar-refractivity contribution in [1.82, 2.24) is 10.6 Å². The van der Waals surface area contributed by atoms with E-state index in [1.54, 1.807) is 13.8 Å². The SMILES string of the molecule is C[C@H](C[Si](O)(O)C[C@@H](C)C(=O)N[C@H]1Cc2ccccc2[C@H]1O)C(=O)N[C@H]1Cc2ccccc2[C@H]1O. The van der Waals surface area contributed by atoms with E-state index in [1.165, 1.54) is 0 Å². The van der Waals surface area contributed by atoms with Gasteiger partial charge >= 0.3 is 8.56 Å². The van der Waals surface area contributed by atoms with Crippen LogP contribution in [-0.4, -0.2) is 52.3 Å². The third-order valence-corrected chi connectivity index (χ3v) is 9.74. The summed E-state index contributed by atoms with van der Waals surface area (Å²) >= 11 is 0. The number of rotatable bonds is 8. The molecule has 8 nitrogen and oxygen atoms in total. The fraction of sp³-hybridized carbons (Fsp3) is 0.462. The quantitative estimate of drug-likeness (QED) is 0.303. The summed E-state index contributed by atoms with van der Waals surface area (Å²) in [5, 5.41) is 26.7. The van der Waals surface area contributed by atoms with Crippen LogP contribution in [0.3, 0.4) is 0 Å². The second kappa shape index (κ2) is 10.2. The lowest BCUT2D eigenvalue weighted by molar-refractivity contribution is -0.126. The van der Waals surface area contributed by atoms with Crippen molar-refractivity contribution in [2.75, 3.05) is 0 Å². The zero-order valence-corrected chi connectivity index (χ0v) is 21.0. The lowest BCUT2D eigenvalue weighted by Gasteiger charge is -2.26. The largest absolute Gasteiger partial charge is 0.411 e. The van der Waals surface area contributed by atoms with Gasteiger partial charge in [0.05, 0.1) is 24.3 Å². The molecular weight excluding hydrogens is 464 g/mol. The summed E-state index contributed by atoms with van der Waals surface area (Å²) in [6, 6.07) is 13.8. The lowest BCUT2D eigenvalue weighted by atomic mass is 10.1. The molecule has 6 N–H and O–H groups in total. The third kappa shape index (κ3) is 5.65. The number of carbonyl (C=O) groups excluding carboxylic acids is 2. The molecule has 9 heteroatoms. The molecule has 0 saturated carbocycles. The van der Waals surface area contributed by atoms with E-state index in [9.17, 15) is 29.4 Å². The van der Waals surface area contributed by atoms with Gasteiger partial charge in [-0.15, -0.1) is 0 Å². The smallest absolute Gasteiger partial charge is 0.334 e. The summed E-state index contributed by atoms with van der Waals surface area (Å²) < 4.78 is 0. The Morgan fingerprint density at radius 1 is 0.800 bits per heavy atom. The standard InChI is InChI=1S/C26H34N2O6Si/c1-15(25(31)27-21-11-17-7-3-5-9-19(17)23(21)29)13-35(33,34)14-16(2)26(32)28-22-12-18-8-4-6-10-20(18)24(22)30/h3-10,15-16,21-24,29-30,33-34H,11-14H2,1-2H3,(H,27,31)(H,28,32)/t15-,16-,21+,22+,23-,24-/m1/s1. The van der Waals surface area contributed by atoms with Gasteiger partial charge in [0.1, 0.15) is 0 Å². The summed E-state index contributed by atoms with van der Waals surface area (Å²) in [5.74, 6) is -2.08. The van der Waals surface area contributed by atoms with Gasteiger partial charge in [0.25, 0.3) is 0 Å². The molecule has 188 valence electrons. The Labute approximate surface area is 206 Å². The van der Waals surface area contributed by atoms with Crippen molar-refractivity contribution < 1.29 is 29.4 Å². The molecule has 4 rings (SSSR count). The van der Waals surface area contributed by atoms with Crippen LogP contribution in [0.4, 0.5) is 0 Å². The molecule has 0 spiro atoms. The number of amides is 2. The minimum atomic E-state index is -3.87. The topological polar surface area (TPSA) is 139 Å². The number of fused-ring (bicyclic) bond motifs is 2. The zero-order valence-electron chi connectivity index (χ0n) is 20.0. The maximum absolute atomic E-state index is 12.7. The first-order chi connectivity index (χ1) is 16.6. The van der Waals surface area contributed by atoms with Crippen LogP contribution >= 0.6 is 0 Å².